The van der Waals surface area contributed by atoms with Crippen LogP contribution >= 0.6 is 0 Å². The van der Waals surface area contributed by atoms with Gasteiger partial charge >= 0.3 is 0 Å². The van der Waals surface area contributed by atoms with Crippen LogP contribution in [0.1, 0.15) is 0 Å². The molecule has 44 heavy (non-hydrogen) atoms. The fraction of sp³-hybridized carbons (Fsp3) is 0. The van der Waals surface area contributed by atoms with Gasteiger partial charge in [0.1, 0.15) is 0 Å². The van der Waals surface area contributed by atoms with Crippen molar-refractivity contribution in [1.82, 2.24) is 24.9 Å². The van der Waals surface area contributed by atoms with Crippen LogP contribution in [0.15, 0.2) is 140 Å². The zero-order valence-electron chi connectivity index (χ0n) is 23.5. The van der Waals surface area contributed by atoms with Gasteiger partial charge in [-0.2, -0.15) is 0 Å². The van der Waals surface area contributed by atoms with E-state index in [-0.39, 0.29) is 0 Å². The van der Waals surface area contributed by atoms with Crippen LogP contribution in [0.5, 0.6) is 0 Å². The Kier molecular flexibility index (Phi) is 5.43. The highest BCUT2D eigenvalue weighted by Crippen LogP contribution is 2.35. The average Bonchev–Trinajstić information content (AvgIpc) is 3.11. The molecule has 0 saturated heterocycles. The smallest absolute Gasteiger partial charge is 0.0972 e. The lowest BCUT2D eigenvalue weighted by molar-refractivity contribution is 1.27. The van der Waals surface area contributed by atoms with Crippen molar-refractivity contribution in [3.63, 3.8) is 0 Å². The summed E-state index contributed by atoms with van der Waals surface area (Å²) in [5, 5.41) is 6.74. The van der Waals surface area contributed by atoms with Gasteiger partial charge in [0.15, 0.2) is 0 Å². The van der Waals surface area contributed by atoms with Crippen LogP contribution in [0, 0.1) is 0 Å². The lowest BCUT2D eigenvalue weighted by Crippen LogP contribution is -1.92. The number of aromatic nitrogens is 5. The van der Waals surface area contributed by atoms with Crippen LogP contribution in [-0.4, -0.2) is 24.9 Å². The van der Waals surface area contributed by atoms with Gasteiger partial charge in [0.2, 0.25) is 0 Å². The molecule has 0 aliphatic heterocycles. The van der Waals surface area contributed by atoms with E-state index in [0.29, 0.717) is 0 Å². The fourth-order valence-electron chi connectivity index (χ4n) is 6.22. The normalized spacial score (nSPS) is 11.6. The van der Waals surface area contributed by atoms with Crippen molar-refractivity contribution in [3.8, 4) is 33.8 Å². The Morgan fingerprint density at radius 3 is 1.84 bits per heavy atom. The number of rotatable bonds is 3. The van der Waals surface area contributed by atoms with Crippen molar-refractivity contribution in [1.29, 1.82) is 0 Å². The summed E-state index contributed by atoms with van der Waals surface area (Å²) in [5.74, 6) is 0. The Hall–Kier alpha value is -6.07. The molecule has 5 heteroatoms. The molecule has 204 valence electrons. The van der Waals surface area contributed by atoms with Crippen molar-refractivity contribution in [2.75, 3.05) is 0 Å². The molecular weight excluding hydrogens is 538 g/mol. The Labute approximate surface area is 252 Å². The number of benzene rings is 4. The van der Waals surface area contributed by atoms with Crippen molar-refractivity contribution < 1.29 is 0 Å². The van der Waals surface area contributed by atoms with Crippen LogP contribution in [-0.2, 0) is 0 Å². The number of fused-ring (bicyclic) bond motifs is 9. The Morgan fingerprint density at radius 1 is 0.341 bits per heavy atom. The molecule has 5 heterocycles. The standard InChI is InChI=1S/C39H23N5/c1-2-8-30-29(7-1)31-9-5-21-41-38(31)39-32(30)22-28(23-42-39)24-12-14-25(15-13-24)33-10-3-11-34(43-33)35-19-18-27-17-16-26-6-4-20-40-36(26)37(27)44-35/h1-23H. The number of hydrogen-bond acceptors (Lipinski definition) is 5. The average molecular weight is 562 g/mol. The Morgan fingerprint density at radius 2 is 0.977 bits per heavy atom. The van der Waals surface area contributed by atoms with Gasteiger partial charge in [-0.25, -0.2) is 9.97 Å². The van der Waals surface area contributed by atoms with Crippen LogP contribution in [0.25, 0.3) is 88.2 Å². The molecule has 0 aliphatic carbocycles. The number of pyridine rings is 5. The topological polar surface area (TPSA) is 64.5 Å². The van der Waals surface area contributed by atoms with Crippen LogP contribution in [0.3, 0.4) is 0 Å². The Balaban J connectivity index is 1.09. The third-order valence-corrected chi connectivity index (χ3v) is 8.38. The molecule has 4 aromatic carbocycles. The van der Waals surface area contributed by atoms with E-state index in [1.807, 2.05) is 55.0 Å². The molecule has 9 aromatic rings. The minimum absolute atomic E-state index is 0.825. The fourth-order valence-corrected chi connectivity index (χ4v) is 6.22. The molecule has 0 atom stereocenters. The summed E-state index contributed by atoms with van der Waals surface area (Å²) in [6.45, 7) is 0. The minimum atomic E-state index is 0.825. The number of hydrogen-bond donors (Lipinski definition) is 0. The van der Waals surface area contributed by atoms with Gasteiger partial charge in [-0.3, -0.25) is 15.0 Å². The van der Waals surface area contributed by atoms with Gasteiger partial charge in [-0.15, -0.1) is 0 Å². The maximum atomic E-state index is 5.00. The summed E-state index contributed by atoms with van der Waals surface area (Å²) in [6, 6.07) is 41.7. The van der Waals surface area contributed by atoms with E-state index >= 15 is 0 Å². The zero-order chi connectivity index (χ0) is 29.0. The van der Waals surface area contributed by atoms with E-state index in [4.69, 9.17) is 15.0 Å². The molecular formula is C39H23N5. The zero-order valence-corrected chi connectivity index (χ0v) is 23.5. The lowest BCUT2D eigenvalue weighted by atomic mass is 9.97. The highest BCUT2D eigenvalue weighted by atomic mass is 14.8. The van der Waals surface area contributed by atoms with Gasteiger partial charge < -0.3 is 0 Å². The molecule has 0 radical (unpaired) electrons. The molecule has 0 spiro atoms. The first-order valence-electron chi connectivity index (χ1n) is 14.6. The molecule has 0 unspecified atom stereocenters. The predicted octanol–water partition coefficient (Wildman–Crippen LogP) is 9.43. The molecule has 0 amide bonds. The number of nitrogens with zero attached hydrogens (tertiary/aromatic N) is 5. The second-order valence-electron chi connectivity index (χ2n) is 11.0. The molecule has 0 bridgehead atoms. The third-order valence-electron chi connectivity index (χ3n) is 8.38. The predicted molar refractivity (Wildman–Crippen MR) is 179 cm³/mol. The summed E-state index contributed by atoms with van der Waals surface area (Å²) < 4.78 is 0. The maximum absolute atomic E-state index is 5.00. The largest absolute Gasteiger partial charge is 0.254 e. The van der Waals surface area contributed by atoms with Crippen molar-refractivity contribution >= 4 is 54.4 Å². The highest BCUT2D eigenvalue weighted by molar-refractivity contribution is 6.23. The van der Waals surface area contributed by atoms with Gasteiger partial charge in [0.25, 0.3) is 0 Å². The molecule has 0 N–H and O–H groups in total. The van der Waals surface area contributed by atoms with E-state index in [2.05, 4.69) is 94.9 Å². The second-order valence-corrected chi connectivity index (χ2v) is 11.0. The van der Waals surface area contributed by atoms with Crippen molar-refractivity contribution in [2.24, 2.45) is 0 Å². The minimum Gasteiger partial charge on any atom is -0.254 e. The van der Waals surface area contributed by atoms with E-state index in [1.54, 1.807) is 0 Å². The second kappa shape index (κ2) is 9.75. The van der Waals surface area contributed by atoms with E-state index in [0.717, 1.165) is 77.4 Å². The first-order valence-corrected chi connectivity index (χ1v) is 14.6. The van der Waals surface area contributed by atoms with Gasteiger partial charge in [0.05, 0.1) is 39.1 Å². The van der Waals surface area contributed by atoms with Crippen molar-refractivity contribution in [3.05, 3.63) is 140 Å². The Bertz CT molecular complexity index is 2520. The van der Waals surface area contributed by atoms with Crippen LogP contribution < -0.4 is 0 Å². The van der Waals surface area contributed by atoms with E-state index in [9.17, 15) is 0 Å². The van der Waals surface area contributed by atoms with Crippen LogP contribution in [0.4, 0.5) is 0 Å². The highest BCUT2D eigenvalue weighted by Gasteiger charge is 2.13. The summed E-state index contributed by atoms with van der Waals surface area (Å²) in [5.41, 5.74) is 9.39. The molecule has 0 fully saturated rings. The lowest BCUT2D eigenvalue weighted by Gasteiger charge is -2.11. The van der Waals surface area contributed by atoms with Gasteiger partial charge in [-0.1, -0.05) is 84.9 Å². The summed E-state index contributed by atoms with van der Waals surface area (Å²) in [6.07, 6.45) is 5.60. The summed E-state index contributed by atoms with van der Waals surface area (Å²) >= 11 is 0. The van der Waals surface area contributed by atoms with Crippen molar-refractivity contribution in [2.45, 2.75) is 0 Å². The van der Waals surface area contributed by atoms with Gasteiger partial charge in [0, 0.05) is 51.3 Å². The monoisotopic (exact) mass is 561 g/mol. The maximum Gasteiger partial charge on any atom is 0.0972 e. The third kappa shape index (κ3) is 3.91. The van der Waals surface area contributed by atoms with Gasteiger partial charge in [-0.05, 0) is 52.7 Å². The molecule has 5 nitrogen and oxygen atoms in total. The molecule has 9 rings (SSSR count). The van der Waals surface area contributed by atoms with Crippen LogP contribution in [0.2, 0.25) is 0 Å². The van der Waals surface area contributed by atoms with E-state index in [1.165, 1.54) is 10.8 Å². The summed E-state index contributed by atoms with van der Waals surface area (Å²) in [4.78, 5) is 24.2. The molecule has 0 saturated carbocycles. The quantitative estimate of drug-likeness (QED) is 0.201. The summed E-state index contributed by atoms with van der Waals surface area (Å²) in [7, 11) is 0. The molecule has 0 aliphatic rings. The molecule has 5 aromatic heterocycles. The first-order chi connectivity index (χ1) is 21.8. The SMILES string of the molecule is c1cc(-c2ccc(-c3cnc4c(c3)c3ccccc3c3cccnc34)cc2)nc(-c2ccc3ccc4cccnc4c3n2)c1. The first kappa shape index (κ1) is 24.5. The van der Waals surface area contributed by atoms with E-state index < -0.39 is 0 Å².